The second-order valence-electron chi connectivity index (χ2n) is 4.92. The van der Waals surface area contributed by atoms with Gasteiger partial charge in [0.2, 0.25) is 0 Å². The minimum absolute atomic E-state index is 0.241. The van der Waals surface area contributed by atoms with Crippen LogP contribution < -0.4 is 5.32 Å². The van der Waals surface area contributed by atoms with Gasteiger partial charge in [-0.2, -0.15) is 11.8 Å². The highest BCUT2D eigenvalue weighted by molar-refractivity contribution is 7.99. The van der Waals surface area contributed by atoms with E-state index in [1.807, 2.05) is 42.1 Å². The predicted octanol–water partition coefficient (Wildman–Crippen LogP) is 3.12. The van der Waals surface area contributed by atoms with Crippen molar-refractivity contribution < 1.29 is 4.79 Å². The quantitative estimate of drug-likeness (QED) is 0.870. The highest BCUT2D eigenvalue weighted by Gasteiger charge is 2.17. The van der Waals surface area contributed by atoms with Gasteiger partial charge in [-0.3, -0.25) is 4.79 Å². The molecule has 3 heteroatoms. The SMILES string of the molecule is O=C(CC1CSCCN1)c1ccc2ccccc2c1. The van der Waals surface area contributed by atoms with Crippen LogP contribution in [0.2, 0.25) is 0 Å². The Kier molecular flexibility index (Phi) is 3.85. The number of hydrogen-bond acceptors (Lipinski definition) is 3. The van der Waals surface area contributed by atoms with Gasteiger partial charge in [0, 0.05) is 36.1 Å². The molecule has 0 aliphatic carbocycles. The van der Waals surface area contributed by atoms with Gasteiger partial charge in [0.1, 0.15) is 0 Å². The van der Waals surface area contributed by atoms with E-state index >= 15 is 0 Å². The number of carbonyl (C=O) groups excluding carboxylic acids is 1. The van der Waals surface area contributed by atoms with E-state index in [4.69, 9.17) is 0 Å². The first-order valence-electron chi connectivity index (χ1n) is 6.66. The van der Waals surface area contributed by atoms with E-state index < -0.39 is 0 Å². The van der Waals surface area contributed by atoms with Crippen LogP contribution in [0.5, 0.6) is 0 Å². The predicted molar refractivity (Wildman–Crippen MR) is 82.0 cm³/mol. The highest BCUT2D eigenvalue weighted by atomic mass is 32.2. The Labute approximate surface area is 117 Å². The zero-order valence-electron chi connectivity index (χ0n) is 10.8. The zero-order chi connectivity index (χ0) is 13.1. The Balaban J connectivity index is 1.77. The number of hydrogen-bond donors (Lipinski definition) is 1. The number of Topliss-reactive ketones (excluding diaryl/α,β-unsaturated/α-hetero) is 1. The third kappa shape index (κ3) is 2.99. The lowest BCUT2D eigenvalue weighted by molar-refractivity contribution is 0.0972. The van der Waals surface area contributed by atoms with Crippen LogP contribution in [0.25, 0.3) is 10.8 Å². The number of ketones is 1. The molecule has 1 heterocycles. The highest BCUT2D eigenvalue weighted by Crippen LogP contribution is 2.18. The van der Waals surface area contributed by atoms with Gasteiger partial charge in [0.25, 0.3) is 0 Å². The molecule has 1 aliphatic rings. The fourth-order valence-corrected chi connectivity index (χ4v) is 3.40. The molecule has 1 aliphatic heterocycles. The average molecular weight is 271 g/mol. The van der Waals surface area contributed by atoms with Crippen molar-refractivity contribution >= 4 is 28.3 Å². The summed E-state index contributed by atoms with van der Waals surface area (Å²) in [5.41, 5.74) is 0.830. The Bertz CT molecular complexity index is 590. The van der Waals surface area contributed by atoms with Crippen molar-refractivity contribution in [2.45, 2.75) is 12.5 Å². The largest absolute Gasteiger partial charge is 0.312 e. The number of thioether (sulfide) groups is 1. The van der Waals surface area contributed by atoms with E-state index in [1.165, 1.54) is 5.39 Å². The maximum absolute atomic E-state index is 12.3. The normalized spacial score (nSPS) is 19.5. The van der Waals surface area contributed by atoms with E-state index in [2.05, 4.69) is 17.4 Å². The van der Waals surface area contributed by atoms with E-state index in [9.17, 15) is 4.79 Å². The standard InChI is InChI=1S/C16H17NOS/c18-16(10-15-11-19-8-7-17-15)14-6-5-12-3-1-2-4-13(12)9-14/h1-6,9,15,17H,7-8,10-11H2. The van der Waals surface area contributed by atoms with Gasteiger partial charge in [-0.1, -0.05) is 36.4 Å². The molecular formula is C16H17NOS. The molecule has 1 unspecified atom stereocenters. The van der Waals surface area contributed by atoms with E-state index in [0.717, 1.165) is 29.0 Å². The summed E-state index contributed by atoms with van der Waals surface area (Å²) in [5.74, 6) is 2.44. The zero-order valence-corrected chi connectivity index (χ0v) is 11.6. The third-order valence-electron chi connectivity index (χ3n) is 3.50. The molecule has 1 atom stereocenters. The van der Waals surface area contributed by atoms with Gasteiger partial charge in [-0.05, 0) is 16.8 Å². The molecule has 0 bridgehead atoms. The molecule has 3 rings (SSSR count). The Morgan fingerprint density at radius 3 is 2.84 bits per heavy atom. The molecule has 0 spiro atoms. The van der Waals surface area contributed by atoms with Gasteiger partial charge in [-0.15, -0.1) is 0 Å². The maximum Gasteiger partial charge on any atom is 0.164 e. The Hall–Kier alpha value is -1.32. The molecule has 2 nitrogen and oxygen atoms in total. The van der Waals surface area contributed by atoms with Crippen molar-refractivity contribution in [2.75, 3.05) is 18.1 Å². The van der Waals surface area contributed by atoms with Crippen molar-refractivity contribution in [3.63, 3.8) is 0 Å². The summed E-state index contributed by atoms with van der Waals surface area (Å²) in [5, 5.41) is 5.74. The molecule has 0 aromatic heterocycles. The first kappa shape index (κ1) is 12.7. The van der Waals surface area contributed by atoms with Gasteiger partial charge in [0.15, 0.2) is 5.78 Å². The molecule has 1 saturated heterocycles. The smallest absolute Gasteiger partial charge is 0.164 e. The average Bonchev–Trinajstić information content (AvgIpc) is 2.48. The molecule has 1 fully saturated rings. The van der Waals surface area contributed by atoms with Crippen molar-refractivity contribution in [3.05, 3.63) is 48.0 Å². The maximum atomic E-state index is 12.3. The summed E-state index contributed by atoms with van der Waals surface area (Å²) in [6.45, 7) is 1.01. The Morgan fingerprint density at radius 1 is 1.21 bits per heavy atom. The first-order valence-corrected chi connectivity index (χ1v) is 7.81. The van der Waals surface area contributed by atoms with Crippen LogP contribution in [-0.2, 0) is 0 Å². The monoisotopic (exact) mass is 271 g/mol. The minimum atomic E-state index is 0.241. The Morgan fingerprint density at radius 2 is 2.05 bits per heavy atom. The van der Waals surface area contributed by atoms with Gasteiger partial charge in [-0.25, -0.2) is 0 Å². The van der Waals surface area contributed by atoms with Crippen molar-refractivity contribution in [2.24, 2.45) is 0 Å². The van der Waals surface area contributed by atoms with E-state index in [0.29, 0.717) is 12.5 Å². The van der Waals surface area contributed by atoms with E-state index in [1.54, 1.807) is 0 Å². The van der Waals surface area contributed by atoms with Crippen molar-refractivity contribution in [1.82, 2.24) is 5.32 Å². The summed E-state index contributed by atoms with van der Waals surface area (Å²) in [6, 6.07) is 14.5. The topological polar surface area (TPSA) is 29.1 Å². The lowest BCUT2D eigenvalue weighted by Gasteiger charge is -2.22. The lowest BCUT2D eigenvalue weighted by Crippen LogP contribution is -2.38. The number of nitrogens with one attached hydrogen (secondary N) is 1. The fraction of sp³-hybridized carbons (Fsp3) is 0.312. The van der Waals surface area contributed by atoms with Crippen molar-refractivity contribution in [3.8, 4) is 0 Å². The van der Waals surface area contributed by atoms with Gasteiger partial charge < -0.3 is 5.32 Å². The van der Waals surface area contributed by atoms with Crippen LogP contribution >= 0.6 is 11.8 Å². The van der Waals surface area contributed by atoms with Crippen LogP contribution in [0, 0.1) is 0 Å². The molecule has 0 saturated carbocycles. The molecule has 0 radical (unpaired) electrons. The summed E-state index contributed by atoms with van der Waals surface area (Å²) in [7, 11) is 0. The molecule has 0 amide bonds. The molecule has 1 N–H and O–H groups in total. The number of carbonyl (C=O) groups is 1. The van der Waals surface area contributed by atoms with Crippen LogP contribution in [0.1, 0.15) is 16.8 Å². The molecule has 19 heavy (non-hydrogen) atoms. The lowest BCUT2D eigenvalue weighted by atomic mass is 10.0. The fourth-order valence-electron chi connectivity index (χ4n) is 2.46. The molecule has 2 aromatic carbocycles. The first-order chi connectivity index (χ1) is 9.33. The summed E-state index contributed by atoms with van der Waals surface area (Å²) in [4.78, 5) is 12.3. The van der Waals surface area contributed by atoms with Crippen LogP contribution in [0.15, 0.2) is 42.5 Å². The minimum Gasteiger partial charge on any atom is -0.312 e. The number of fused-ring (bicyclic) bond motifs is 1. The molecule has 98 valence electrons. The molecule has 2 aromatic rings. The van der Waals surface area contributed by atoms with Gasteiger partial charge >= 0.3 is 0 Å². The summed E-state index contributed by atoms with van der Waals surface area (Å²) < 4.78 is 0. The summed E-state index contributed by atoms with van der Waals surface area (Å²) in [6.07, 6.45) is 0.603. The third-order valence-corrected chi connectivity index (χ3v) is 4.63. The number of rotatable bonds is 3. The van der Waals surface area contributed by atoms with Crippen LogP contribution in [0.3, 0.4) is 0 Å². The van der Waals surface area contributed by atoms with Crippen LogP contribution in [0.4, 0.5) is 0 Å². The van der Waals surface area contributed by atoms with E-state index in [-0.39, 0.29) is 5.78 Å². The number of benzene rings is 2. The second-order valence-corrected chi connectivity index (χ2v) is 6.07. The van der Waals surface area contributed by atoms with Gasteiger partial charge in [0.05, 0.1) is 0 Å². The van der Waals surface area contributed by atoms with Crippen molar-refractivity contribution in [1.29, 1.82) is 0 Å². The van der Waals surface area contributed by atoms with Crippen LogP contribution in [-0.4, -0.2) is 29.9 Å². The molecular weight excluding hydrogens is 254 g/mol. The second kappa shape index (κ2) is 5.76. The summed E-state index contributed by atoms with van der Waals surface area (Å²) >= 11 is 1.93.